The SMILES string of the molecule is Oc1ccc(CCCCC(n2nnc3ccccc32)n2nnc3ccccc32)cc1. The third-order valence-corrected chi connectivity index (χ3v) is 5.43. The topological polar surface area (TPSA) is 81.6 Å². The standard InChI is InChI=1S/C23H22N6O/c30-18-15-13-17(14-16-18)7-1-6-12-23(28-21-10-4-2-8-19(21)24-26-28)29-22-11-5-3-9-20(22)25-27-29/h2-5,8-11,13-16,23,30H,1,6-7,12H2. The van der Waals surface area contributed by atoms with Crippen LogP contribution in [0.2, 0.25) is 0 Å². The number of benzene rings is 3. The molecule has 0 bridgehead atoms. The van der Waals surface area contributed by atoms with Crippen molar-refractivity contribution >= 4 is 22.1 Å². The summed E-state index contributed by atoms with van der Waals surface area (Å²) in [6, 6.07) is 23.4. The number of nitrogens with zero attached hydrogens (tertiary/aromatic N) is 6. The summed E-state index contributed by atoms with van der Waals surface area (Å²) >= 11 is 0. The molecule has 0 fully saturated rings. The first-order chi connectivity index (χ1) is 14.8. The third kappa shape index (κ3) is 3.50. The Morgan fingerprint density at radius 3 is 1.87 bits per heavy atom. The molecule has 0 aliphatic heterocycles. The second kappa shape index (κ2) is 7.94. The molecule has 7 heteroatoms. The largest absolute Gasteiger partial charge is 0.508 e. The molecule has 2 heterocycles. The number of para-hydroxylation sites is 2. The highest BCUT2D eigenvalue weighted by Crippen LogP contribution is 2.25. The number of aromatic hydroxyl groups is 1. The van der Waals surface area contributed by atoms with Crippen LogP contribution in [0.25, 0.3) is 22.1 Å². The summed E-state index contributed by atoms with van der Waals surface area (Å²) in [7, 11) is 0. The van der Waals surface area contributed by atoms with Crippen LogP contribution in [0.4, 0.5) is 0 Å². The van der Waals surface area contributed by atoms with E-state index in [2.05, 4.69) is 20.6 Å². The Hall–Kier alpha value is -3.74. The molecule has 5 aromatic rings. The van der Waals surface area contributed by atoms with Crippen molar-refractivity contribution < 1.29 is 5.11 Å². The average molecular weight is 398 g/mol. The normalized spacial score (nSPS) is 11.6. The molecule has 0 saturated carbocycles. The van der Waals surface area contributed by atoms with E-state index in [1.807, 2.05) is 70.0 Å². The summed E-state index contributed by atoms with van der Waals surface area (Å²) in [5.74, 6) is 0.301. The summed E-state index contributed by atoms with van der Waals surface area (Å²) < 4.78 is 3.91. The Balaban J connectivity index is 1.42. The molecule has 0 aliphatic carbocycles. The van der Waals surface area contributed by atoms with E-state index in [9.17, 15) is 5.11 Å². The van der Waals surface area contributed by atoms with Gasteiger partial charge in [0.05, 0.1) is 11.0 Å². The zero-order valence-corrected chi connectivity index (χ0v) is 16.5. The second-order valence-electron chi connectivity index (χ2n) is 7.44. The monoisotopic (exact) mass is 398 g/mol. The van der Waals surface area contributed by atoms with Crippen molar-refractivity contribution in [2.24, 2.45) is 0 Å². The van der Waals surface area contributed by atoms with Gasteiger partial charge in [0.2, 0.25) is 0 Å². The number of hydrogen-bond acceptors (Lipinski definition) is 5. The van der Waals surface area contributed by atoms with Gasteiger partial charge in [0, 0.05) is 0 Å². The lowest BCUT2D eigenvalue weighted by atomic mass is 10.1. The smallest absolute Gasteiger partial charge is 0.148 e. The molecular weight excluding hydrogens is 376 g/mol. The maximum absolute atomic E-state index is 9.45. The molecular formula is C23H22N6O. The molecule has 0 amide bonds. The summed E-state index contributed by atoms with van der Waals surface area (Å²) in [4.78, 5) is 0. The van der Waals surface area contributed by atoms with E-state index in [1.54, 1.807) is 12.1 Å². The number of phenols is 1. The van der Waals surface area contributed by atoms with E-state index in [0.717, 1.165) is 47.8 Å². The Kier molecular flexibility index (Phi) is 4.85. The van der Waals surface area contributed by atoms with Gasteiger partial charge in [0.1, 0.15) is 22.9 Å². The van der Waals surface area contributed by atoms with Crippen molar-refractivity contribution in [2.45, 2.75) is 31.8 Å². The summed E-state index contributed by atoms with van der Waals surface area (Å²) in [6.07, 6.45) is 3.74. The number of aryl methyl sites for hydroxylation is 1. The maximum Gasteiger partial charge on any atom is 0.148 e. The van der Waals surface area contributed by atoms with Crippen LogP contribution < -0.4 is 0 Å². The molecule has 0 atom stereocenters. The van der Waals surface area contributed by atoms with Crippen LogP contribution >= 0.6 is 0 Å². The van der Waals surface area contributed by atoms with E-state index in [0.29, 0.717) is 5.75 Å². The molecule has 3 aromatic carbocycles. The lowest BCUT2D eigenvalue weighted by Crippen LogP contribution is -2.21. The predicted octanol–water partition coefficient (Wildman–Crippen LogP) is 4.34. The zero-order chi connectivity index (χ0) is 20.3. The first kappa shape index (κ1) is 18.3. The molecule has 0 radical (unpaired) electrons. The van der Waals surface area contributed by atoms with Crippen molar-refractivity contribution in [2.75, 3.05) is 0 Å². The fourth-order valence-corrected chi connectivity index (χ4v) is 3.88. The van der Waals surface area contributed by atoms with Crippen LogP contribution in [0.15, 0.2) is 72.8 Å². The molecule has 0 aliphatic rings. The minimum atomic E-state index is -0.107. The van der Waals surface area contributed by atoms with E-state index < -0.39 is 0 Å². The molecule has 0 saturated heterocycles. The van der Waals surface area contributed by atoms with E-state index in [1.165, 1.54) is 5.56 Å². The van der Waals surface area contributed by atoms with Crippen LogP contribution in [-0.4, -0.2) is 35.1 Å². The Labute approximate surface area is 173 Å². The molecule has 2 aromatic heterocycles. The maximum atomic E-state index is 9.45. The highest BCUT2D eigenvalue weighted by molar-refractivity contribution is 5.75. The molecule has 0 spiro atoms. The second-order valence-corrected chi connectivity index (χ2v) is 7.44. The van der Waals surface area contributed by atoms with Gasteiger partial charge in [0.15, 0.2) is 0 Å². The van der Waals surface area contributed by atoms with Crippen LogP contribution in [-0.2, 0) is 6.42 Å². The van der Waals surface area contributed by atoms with Crippen molar-refractivity contribution in [3.8, 4) is 5.75 Å². The van der Waals surface area contributed by atoms with Crippen LogP contribution in [0, 0.1) is 0 Å². The highest BCUT2D eigenvalue weighted by atomic mass is 16.3. The Bertz CT molecular complexity index is 1200. The first-order valence-corrected chi connectivity index (χ1v) is 10.2. The number of fused-ring (bicyclic) bond motifs is 2. The van der Waals surface area contributed by atoms with Crippen LogP contribution in [0.1, 0.15) is 31.0 Å². The number of rotatable bonds is 7. The number of phenolic OH excluding ortho intramolecular Hbond substituents is 1. The predicted molar refractivity (Wildman–Crippen MR) is 115 cm³/mol. The van der Waals surface area contributed by atoms with Gasteiger partial charge >= 0.3 is 0 Å². The molecule has 7 nitrogen and oxygen atoms in total. The average Bonchev–Trinajstić information content (AvgIpc) is 3.40. The van der Waals surface area contributed by atoms with E-state index in [4.69, 9.17) is 0 Å². The van der Waals surface area contributed by atoms with Gasteiger partial charge in [-0.2, -0.15) is 0 Å². The summed E-state index contributed by atoms with van der Waals surface area (Å²) in [6.45, 7) is 0. The molecule has 30 heavy (non-hydrogen) atoms. The van der Waals surface area contributed by atoms with E-state index >= 15 is 0 Å². The van der Waals surface area contributed by atoms with Gasteiger partial charge in [-0.25, -0.2) is 9.36 Å². The number of unbranched alkanes of at least 4 members (excludes halogenated alkanes) is 1. The van der Waals surface area contributed by atoms with Gasteiger partial charge in [-0.15, -0.1) is 10.2 Å². The van der Waals surface area contributed by atoms with Gasteiger partial charge in [0.25, 0.3) is 0 Å². The molecule has 1 N–H and O–H groups in total. The zero-order valence-electron chi connectivity index (χ0n) is 16.5. The lowest BCUT2D eigenvalue weighted by Gasteiger charge is -2.19. The highest BCUT2D eigenvalue weighted by Gasteiger charge is 2.20. The van der Waals surface area contributed by atoms with Crippen molar-refractivity contribution in [3.05, 3.63) is 78.4 Å². The van der Waals surface area contributed by atoms with E-state index in [-0.39, 0.29) is 6.17 Å². The fourth-order valence-electron chi connectivity index (χ4n) is 3.88. The fraction of sp³-hybridized carbons (Fsp3) is 0.217. The van der Waals surface area contributed by atoms with Crippen molar-refractivity contribution in [1.82, 2.24) is 30.0 Å². The molecule has 0 unspecified atom stereocenters. The first-order valence-electron chi connectivity index (χ1n) is 10.2. The number of hydrogen-bond donors (Lipinski definition) is 1. The third-order valence-electron chi connectivity index (χ3n) is 5.43. The lowest BCUT2D eigenvalue weighted by molar-refractivity contribution is 0.333. The van der Waals surface area contributed by atoms with Gasteiger partial charge in [-0.1, -0.05) is 46.8 Å². The Morgan fingerprint density at radius 1 is 0.700 bits per heavy atom. The van der Waals surface area contributed by atoms with Crippen LogP contribution in [0.5, 0.6) is 5.75 Å². The van der Waals surface area contributed by atoms with Crippen LogP contribution in [0.3, 0.4) is 0 Å². The van der Waals surface area contributed by atoms with Crippen molar-refractivity contribution in [1.29, 1.82) is 0 Å². The minimum Gasteiger partial charge on any atom is -0.508 e. The Morgan fingerprint density at radius 2 is 1.27 bits per heavy atom. The van der Waals surface area contributed by atoms with Gasteiger partial charge < -0.3 is 5.11 Å². The quantitative estimate of drug-likeness (QED) is 0.412. The number of aromatic nitrogens is 6. The van der Waals surface area contributed by atoms with Gasteiger partial charge in [-0.3, -0.25) is 0 Å². The summed E-state index contributed by atoms with van der Waals surface area (Å²) in [5, 5.41) is 27.0. The summed E-state index contributed by atoms with van der Waals surface area (Å²) in [5.41, 5.74) is 4.94. The molecule has 150 valence electrons. The minimum absolute atomic E-state index is 0.107. The van der Waals surface area contributed by atoms with Crippen molar-refractivity contribution in [3.63, 3.8) is 0 Å². The van der Waals surface area contributed by atoms with Gasteiger partial charge in [-0.05, 0) is 67.6 Å². The molecule has 5 rings (SSSR count).